The van der Waals surface area contributed by atoms with Crippen molar-refractivity contribution in [1.29, 1.82) is 0 Å². The molecule has 20 heavy (non-hydrogen) atoms. The third-order valence-corrected chi connectivity index (χ3v) is 3.00. The number of hydrogen-bond donors (Lipinski definition) is 1. The summed E-state index contributed by atoms with van der Waals surface area (Å²) >= 11 is 0. The molecule has 8 heteroatoms. The average Bonchev–Trinajstić information content (AvgIpc) is 2.22. The Morgan fingerprint density at radius 3 is 1.90 bits per heavy atom. The molecule has 1 atom stereocenters. The molecule has 0 bridgehead atoms. The largest absolute Gasteiger partial charge is 0.511 e. The van der Waals surface area contributed by atoms with E-state index < -0.39 is 41.6 Å². The fraction of sp³-hybridized carbons (Fsp3) is 0.750. The molecule has 0 amide bonds. The van der Waals surface area contributed by atoms with Crippen molar-refractivity contribution in [1.82, 2.24) is 0 Å². The Morgan fingerprint density at radius 2 is 1.60 bits per heavy atom. The van der Waals surface area contributed by atoms with Crippen LogP contribution in [0.1, 0.15) is 33.6 Å². The van der Waals surface area contributed by atoms with Gasteiger partial charge in [-0.15, -0.1) is 0 Å². The Balaban J connectivity index is 5.17. The molecule has 0 aliphatic carbocycles. The molecule has 0 aliphatic heterocycles. The van der Waals surface area contributed by atoms with Gasteiger partial charge in [0, 0.05) is 12.0 Å². The fourth-order valence-electron chi connectivity index (χ4n) is 1.30. The van der Waals surface area contributed by atoms with Crippen LogP contribution in [0.15, 0.2) is 11.8 Å². The summed E-state index contributed by atoms with van der Waals surface area (Å²) < 4.78 is 74.4. The molecule has 2 nitrogen and oxygen atoms in total. The first-order valence-electron chi connectivity index (χ1n) is 5.80. The minimum Gasteiger partial charge on any atom is -0.511 e. The van der Waals surface area contributed by atoms with Gasteiger partial charge in [-0.3, -0.25) is 4.79 Å². The van der Waals surface area contributed by atoms with Crippen LogP contribution in [-0.4, -0.2) is 23.2 Å². The summed E-state index contributed by atoms with van der Waals surface area (Å²) in [7, 11) is 0. The summed E-state index contributed by atoms with van der Waals surface area (Å²) in [5.74, 6) is -3.96. The van der Waals surface area contributed by atoms with Gasteiger partial charge < -0.3 is 5.11 Å². The van der Waals surface area contributed by atoms with E-state index in [1.165, 1.54) is 6.92 Å². The Bertz CT molecular complexity index is 378. The van der Waals surface area contributed by atoms with E-state index in [0.717, 1.165) is 0 Å². The van der Waals surface area contributed by atoms with E-state index in [4.69, 9.17) is 0 Å². The lowest BCUT2D eigenvalue weighted by molar-refractivity contribution is -0.206. The van der Waals surface area contributed by atoms with Crippen molar-refractivity contribution in [3.8, 4) is 0 Å². The highest BCUT2D eigenvalue weighted by atomic mass is 19.4. The maximum atomic E-state index is 12.6. The molecule has 0 aromatic rings. The Labute approximate surface area is 112 Å². The molecule has 0 saturated carbocycles. The van der Waals surface area contributed by atoms with Crippen molar-refractivity contribution in [3.63, 3.8) is 0 Å². The van der Waals surface area contributed by atoms with Crippen molar-refractivity contribution >= 4 is 5.78 Å². The van der Waals surface area contributed by atoms with Crippen LogP contribution in [0.3, 0.4) is 0 Å². The second-order valence-corrected chi connectivity index (χ2v) is 4.98. The predicted molar refractivity (Wildman–Crippen MR) is 60.0 cm³/mol. The molecule has 0 aromatic carbocycles. The van der Waals surface area contributed by atoms with E-state index in [-0.39, 0.29) is 12.5 Å². The molecular formula is C12H16F6O2. The van der Waals surface area contributed by atoms with Gasteiger partial charge in [-0.25, -0.2) is 0 Å². The van der Waals surface area contributed by atoms with Crippen molar-refractivity contribution in [2.45, 2.75) is 46.0 Å². The molecular weight excluding hydrogens is 290 g/mol. The molecule has 0 heterocycles. The Kier molecular flexibility index (Phi) is 5.68. The first-order valence-corrected chi connectivity index (χ1v) is 5.80. The zero-order valence-corrected chi connectivity index (χ0v) is 11.2. The lowest BCUT2D eigenvalue weighted by Gasteiger charge is -2.27. The minimum atomic E-state index is -4.82. The number of alkyl halides is 6. The molecule has 0 rings (SSSR count). The van der Waals surface area contributed by atoms with Gasteiger partial charge in [0.15, 0.2) is 5.78 Å². The van der Waals surface area contributed by atoms with Gasteiger partial charge in [-0.05, 0) is 20.3 Å². The minimum absolute atomic E-state index is 0.186. The SMILES string of the molecule is CCC(CC(F)(F)F)C(=O)C=C(O)C(C)(C)C(F)(F)F. The molecule has 0 aliphatic rings. The Morgan fingerprint density at radius 1 is 1.15 bits per heavy atom. The van der Waals surface area contributed by atoms with Gasteiger partial charge in [0.1, 0.15) is 11.2 Å². The zero-order chi connectivity index (χ0) is 16.4. The second-order valence-electron chi connectivity index (χ2n) is 4.98. The number of aliphatic hydroxyl groups excluding tert-OH is 1. The molecule has 0 fully saturated rings. The molecule has 0 aromatic heterocycles. The molecule has 1 N–H and O–H groups in total. The van der Waals surface area contributed by atoms with Crippen LogP contribution in [0.4, 0.5) is 26.3 Å². The number of halogens is 6. The highest BCUT2D eigenvalue weighted by Crippen LogP contribution is 2.42. The lowest BCUT2D eigenvalue weighted by atomic mass is 9.87. The third-order valence-electron chi connectivity index (χ3n) is 3.00. The zero-order valence-electron chi connectivity index (χ0n) is 11.2. The van der Waals surface area contributed by atoms with Crippen molar-refractivity contribution in [2.75, 3.05) is 0 Å². The summed E-state index contributed by atoms with van der Waals surface area (Å²) in [6.45, 7) is 2.59. The smallest absolute Gasteiger partial charge is 0.400 e. The molecule has 0 spiro atoms. The van der Waals surface area contributed by atoms with Crippen LogP contribution >= 0.6 is 0 Å². The summed E-state index contributed by atoms with van der Waals surface area (Å²) in [6, 6.07) is 0. The van der Waals surface area contributed by atoms with Crippen molar-refractivity contribution in [3.05, 3.63) is 11.8 Å². The molecule has 118 valence electrons. The fourth-order valence-corrected chi connectivity index (χ4v) is 1.30. The number of allylic oxidation sites excluding steroid dienone is 2. The van der Waals surface area contributed by atoms with Gasteiger partial charge in [-0.1, -0.05) is 6.92 Å². The normalized spacial score (nSPS) is 16.1. The first kappa shape index (κ1) is 18.8. The number of hydrogen-bond acceptors (Lipinski definition) is 2. The first-order chi connectivity index (χ1) is 8.72. The van der Waals surface area contributed by atoms with Crippen LogP contribution < -0.4 is 0 Å². The van der Waals surface area contributed by atoms with Crippen LogP contribution in [-0.2, 0) is 4.79 Å². The van der Waals surface area contributed by atoms with Crippen LogP contribution in [0.25, 0.3) is 0 Å². The van der Waals surface area contributed by atoms with E-state index in [1.54, 1.807) is 0 Å². The van der Waals surface area contributed by atoms with Gasteiger partial charge in [0.2, 0.25) is 0 Å². The van der Waals surface area contributed by atoms with Crippen molar-refractivity contribution < 1.29 is 36.2 Å². The van der Waals surface area contributed by atoms with E-state index in [1.807, 2.05) is 0 Å². The number of carbonyl (C=O) groups is 1. The monoisotopic (exact) mass is 306 g/mol. The standard InChI is InChI=1S/C12H16F6O2/c1-4-7(6-11(13,14)15)8(19)5-9(20)10(2,3)12(16,17)18/h5,7,20H,4,6H2,1-3H3. The number of aliphatic hydroxyl groups is 1. The van der Waals surface area contributed by atoms with Crippen LogP contribution in [0.2, 0.25) is 0 Å². The maximum Gasteiger partial charge on any atom is 0.400 e. The van der Waals surface area contributed by atoms with Gasteiger partial charge in [-0.2, -0.15) is 26.3 Å². The number of carbonyl (C=O) groups excluding carboxylic acids is 1. The molecule has 0 saturated heterocycles. The molecule has 1 unspecified atom stereocenters. The topological polar surface area (TPSA) is 37.3 Å². The van der Waals surface area contributed by atoms with Gasteiger partial charge in [0.25, 0.3) is 0 Å². The Hall–Kier alpha value is -1.21. The lowest BCUT2D eigenvalue weighted by Crippen LogP contribution is -2.34. The third kappa shape index (κ3) is 5.05. The number of rotatable bonds is 5. The van der Waals surface area contributed by atoms with E-state index >= 15 is 0 Å². The van der Waals surface area contributed by atoms with E-state index in [2.05, 4.69) is 0 Å². The summed E-state index contributed by atoms with van der Waals surface area (Å²) in [6.07, 6.45) is -10.8. The van der Waals surface area contributed by atoms with Gasteiger partial charge in [0.05, 0.1) is 6.42 Å². The quantitative estimate of drug-likeness (QED) is 0.459. The highest BCUT2D eigenvalue weighted by Gasteiger charge is 2.50. The second kappa shape index (κ2) is 6.05. The van der Waals surface area contributed by atoms with E-state index in [9.17, 15) is 36.2 Å². The average molecular weight is 306 g/mol. The summed E-state index contributed by atoms with van der Waals surface area (Å²) in [4.78, 5) is 11.5. The maximum absolute atomic E-state index is 12.6. The van der Waals surface area contributed by atoms with E-state index in [0.29, 0.717) is 13.8 Å². The van der Waals surface area contributed by atoms with Crippen molar-refractivity contribution in [2.24, 2.45) is 11.3 Å². The highest BCUT2D eigenvalue weighted by molar-refractivity contribution is 5.92. The number of ketones is 1. The van der Waals surface area contributed by atoms with Gasteiger partial charge >= 0.3 is 12.4 Å². The summed E-state index contributed by atoms with van der Waals surface area (Å²) in [5.41, 5.74) is -2.70. The molecule has 0 radical (unpaired) electrons. The summed E-state index contributed by atoms with van der Waals surface area (Å²) in [5, 5.41) is 9.36. The predicted octanol–water partition coefficient (Wildman–Crippen LogP) is 4.56. The van der Waals surface area contributed by atoms with Crippen LogP contribution in [0.5, 0.6) is 0 Å². The van der Waals surface area contributed by atoms with Crippen LogP contribution in [0, 0.1) is 11.3 Å².